The molecule has 510 valence electrons. The van der Waals surface area contributed by atoms with Gasteiger partial charge in [-0.15, -0.1) is 0 Å². The van der Waals surface area contributed by atoms with Gasteiger partial charge in [0.15, 0.2) is 0 Å². The molecule has 17 aromatic carbocycles. The molecule has 5 nitrogen and oxygen atoms in total. The van der Waals surface area contributed by atoms with E-state index in [0.717, 1.165) is 95.1 Å². The van der Waals surface area contributed by atoms with E-state index < -0.39 is 10.8 Å². The Balaban J connectivity index is 0.807. The number of hydrogen-bond donors (Lipinski definition) is 0. The minimum Gasteiger partial charge on any atom is -0.310 e. The molecule has 0 radical (unpaired) electrons. The second-order valence-corrected chi connectivity index (χ2v) is 29.0. The third-order valence-corrected chi connectivity index (χ3v) is 23.5. The summed E-state index contributed by atoms with van der Waals surface area (Å²) in [7, 11) is 0. The zero-order chi connectivity index (χ0) is 71.7. The maximum atomic E-state index is 2.52. The van der Waals surface area contributed by atoms with Gasteiger partial charge in [0, 0.05) is 83.5 Å². The fraction of sp³-hybridized carbons (Fsp3) is 0.0192. The highest BCUT2D eigenvalue weighted by Gasteiger charge is 2.48. The lowest BCUT2D eigenvalue weighted by molar-refractivity contribution is 0.768. The topological polar surface area (TPSA) is 21.3 Å². The molecule has 2 aliphatic carbocycles. The van der Waals surface area contributed by atoms with Crippen molar-refractivity contribution in [2.45, 2.75) is 10.8 Å². The normalized spacial score (nSPS) is 13.1. The molecule has 2 aliphatic rings. The Kier molecular flexibility index (Phi) is 14.1. The molecule has 0 saturated carbocycles. The molecule has 0 fully saturated rings. The highest BCUT2D eigenvalue weighted by Crippen LogP contribution is 2.60. The highest BCUT2D eigenvalue weighted by molar-refractivity contribution is 6.15. The summed E-state index contributed by atoms with van der Waals surface area (Å²) in [4.78, 5) is 5.05. The van der Waals surface area contributed by atoms with Crippen molar-refractivity contribution < 1.29 is 0 Å². The van der Waals surface area contributed by atoms with E-state index >= 15 is 0 Å². The lowest BCUT2D eigenvalue weighted by Gasteiger charge is -2.35. The zero-order valence-electron chi connectivity index (χ0n) is 59.6. The van der Waals surface area contributed by atoms with Gasteiger partial charge in [-0.25, -0.2) is 0 Å². The van der Waals surface area contributed by atoms with E-state index in [1.807, 2.05) is 0 Å². The minimum atomic E-state index is -0.630. The number of benzene rings is 17. The van der Waals surface area contributed by atoms with Gasteiger partial charge in [0.05, 0.1) is 43.9 Å². The van der Waals surface area contributed by atoms with E-state index in [1.54, 1.807) is 0 Å². The second-order valence-electron chi connectivity index (χ2n) is 29.0. The zero-order valence-corrected chi connectivity index (χ0v) is 59.6. The van der Waals surface area contributed by atoms with Crippen molar-refractivity contribution in [2.75, 3.05) is 9.80 Å². The summed E-state index contributed by atoms with van der Waals surface area (Å²) in [5.41, 5.74) is 30.0. The van der Waals surface area contributed by atoms with Crippen LogP contribution in [-0.2, 0) is 10.8 Å². The molecule has 0 amide bonds. The van der Waals surface area contributed by atoms with E-state index in [2.05, 4.69) is 442 Å². The Morgan fingerprint density at radius 1 is 0.165 bits per heavy atom. The summed E-state index contributed by atoms with van der Waals surface area (Å²) in [5, 5.41) is 6.98. The molecule has 0 N–H and O–H groups in total. The largest absolute Gasteiger partial charge is 0.310 e. The summed E-state index contributed by atoms with van der Waals surface area (Å²) < 4.78 is 7.29. The van der Waals surface area contributed by atoms with Crippen LogP contribution in [0.2, 0.25) is 0 Å². The van der Waals surface area contributed by atoms with Crippen molar-refractivity contribution in [1.82, 2.24) is 13.7 Å². The molecule has 3 aromatic heterocycles. The molecular formula is C104H69N5. The third kappa shape index (κ3) is 9.27. The van der Waals surface area contributed by atoms with Crippen LogP contribution in [0, 0.1) is 0 Å². The fourth-order valence-corrected chi connectivity index (χ4v) is 19.1. The molecule has 0 bridgehead atoms. The minimum absolute atomic E-state index is 0.630. The first-order chi connectivity index (χ1) is 54.1. The van der Waals surface area contributed by atoms with Gasteiger partial charge >= 0.3 is 0 Å². The van der Waals surface area contributed by atoms with E-state index in [4.69, 9.17) is 0 Å². The van der Waals surface area contributed by atoms with Crippen molar-refractivity contribution in [3.63, 3.8) is 0 Å². The predicted octanol–water partition coefficient (Wildman–Crippen LogP) is 26.6. The molecule has 109 heavy (non-hydrogen) atoms. The van der Waals surface area contributed by atoms with Crippen molar-refractivity contribution in [2.24, 2.45) is 0 Å². The molecule has 0 spiro atoms. The number of hydrogen-bond acceptors (Lipinski definition) is 2. The number of aromatic nitrogens is 3. The fourth-order valence-electron chi connectivity index (χ4n) is 19.1. The third-order valence-electron chi connectivity index (χ3n) is 23.5. The molecule has 0 saturated heterocycles. The standard InChI is InChI=1S/C104H69N5/c1-8-30-70(31-9-1)103(71-32-10-2-11-33-71)93-48-26-22-44-83(93)85-58-52-81(68-95(85)103)105(77-54-60-99-89(64-77)87-46-24-28-50-97(87)107(99)74-38-16-5-17-39-74)79-56-62-101-91(66-79)92-67-80(57-63-102(92)109(101)76-42-20-7-21-43-76)106(78-55-61-100-90(65-78)88-47-25-29-51-98(88)108(100)75-40-18-6-19-41-75)82-53-59-86-84-45-23-27-49-94(84)104(96(86)69-82,72-34-12-3-13-35-72)73-36-14-4-15-37-73/h1-69H. The highest BCUT2D eigenvalue weighted by atomic mass is 15.2. The van der Waals surface area contributed by atoms with Gasteiger partial charge < -0.3 is 23.5 Å². The first-order valence-electron chi connectivity index (χ1n) is 37.7. The Morgan fingerprint density at radius 3 is 0.716 bits per heavy atom. The molecule has 3 heterocycles. The average molecular weight is 1390 g/mol. The SMILES string of the molecule is c1ccc(-n2c3ccccc3c3cc(N(c4ccc5c(c4)C(c4ccccc4)(c4ccccc4)c4ccccc4-5)c4ccc5c(c4)c4cc(N(c6ccc7c(c6)C(c6ccccc6)(c6ccccc6)c6ccccc6-7)c6ccc7c(c6)c6ccccc6n7-c6ccccc6)ccc4n5-c4ccccc4)ccc32)cc1. The van der Waals surface area contributed by atoms with Gasteiger partial charge in [0.1, 0.15) is 0 Å². The summed E-state index contributed by atoms with van der Waals surface area (Å²) in [6.07, 6.45) is 0. The lowest BCUT2D eigenvalue weighted by Crippen LogP contribution is -2.28. The van der Waals surface area contributed by atoms with Crippen LogP contribution in [0.15, 0.2) is 419 Å². The van der Waals surface area contributed by atoms with Crippen molar-refractivity contribution in [3.05, 3.63) is 463 Å². The first kappa shape index (κ1) is 62.1. The van der Waals surface area contributed by atoms with Crippen LogP contribution in [0.3, 0.4) is 0 Å². The van der Waals surface area contributed by atoms with Gasteiger partial charge in [-0.3, -0.25) is 0 Å². The monoisotopic (exact) mass is 1390 g/mol. The van der Waals surface area contributed by atoms with Gasteiger partial charge in [-0.2, -0.15) is 0 Å². The van der Waals surface area contributed by atoms with Crippen LogP contribution >= 0.6 is 0 Å². The van der Waals surface area contributed by atoms with E-state index in [-0.39, 0.29) is 0 Å². The Labute approximate surface area is 632 Å². The molecule has 0 unspecified atom stereocenters. The van der Waals surface area contributed by atoms with Crippen LogP contribution in [0.1, 0.15) is 44.5 Å². The number of para-hydroxylation sites is 5. The van der Waals surface area contributed by atoms with E-state index in [0.29, 0.717) is 0 Å². The van der Waals surface area contributed by atoms with Crippen molar-refractivity contribution in [1.29, 1.82) is 0 Å². The Hall–Kier alpha value is -14.3. The molecule has 0 aliphatic heterocycles. The second kappa shape index (κ2) is 24.7. The van der Waals surface area contributed by atoms with Crippen LogP contribution in [0.4, 0.5) is 34.1 Å². The first-order valence-corrected chi connectivity index (χ1v) is 37.7. The summed E-state index contributed by atoms with van der Waals surface area (Å²) >= 11 is 0. The number of fused-ring (bicyclic) bond motifs is 15. The quantitative estimate of drug-likeness (QED) is 0.115. The van der Waals surface area contributed by atoms with Gasteiger partial charge in [0.25, 0.3) is 0 Å². The number of anilines is 6. The van der Waals surface area contributed by atoms with Gasteiger partial charge in [-0.1, -0.05) is 273 Å². The number of rotatable bonds is 13. The van der Waals surface area contributed by atoms with Crippen molar-refractivity contribution in [3.8, 4) is 39.3 Å². The van der Waals surface area contributed by atoms with Crippen LogP contribution < -0.4 is 9.80 Å². The van der Waals surface area contributed by atoms with Gasteiger partial charge in [-0.05, 0) is 212 Å². The van der Waals surface area contributed by atoms with Crippen LogP contribution in [0.5, 0.6) is 0 Å². The maximum Gasteiger partial charge on any atom is 0.0714 e. The molecule has 20 aromatic rings. The predicted molar refractivity (Wildman–Crippen MR) is 453 cm³/mol. The van der Waals surface area contributed by atoms with Crippen LogP contribution in [0.25, 0.3) is 105 Å². The van der Waals surface area contributed by atoms with E-state index in [9.17, 15) is 0 Å². The van der Waals surface area contributed by atoms with E-state index in [1.165, 1.54) is 88.3 Å². The average Bonchev–Trinajstić information content (AvgIpc) is 1.54. The lowest BCUT2D eigenvalue weighted by atomic mass is 9.67. The molecule has 22 rings (SSSR count). The number of nitrogens with zero attached hydrogens (tertiary/aromatic N) is 5. The Morgan fingerprint density at radius 2 is 0.394 bits per heavy atom. The smallest absolute Gasteiger partial charge is 0.0714 e. The Bertz CT molecular complexity index is 6480. The van der Waals surface area contributed by atoms with Crippen LogP contribution in [-0.4, -0.2) is 13.7 Å². The van der Waals surface area contributed by atoms with Crippen molar-refractivity contribution >= 4 is 99.5 Å². The maximum absolute atomic E-state index is 2.52. The molecular weight excluding hydrogens is 1320 g/mol. The summed E-state index contributed by atoms with van der Waals surface area (Å²) in [5.74, 6) is 0. The molecule has 5 heteroatoms. The molecule has 0 atom stereocenters. The summed E-state index contributed by atoms with van der Waals surface area (Å²) in [6, 6.07) is 156. The van der Waals surface area contributed by atoms with Gasteiger partial charge in [0.2, 0.25) is 0 Å². The summed E-state index contributed by atoms with van der Waals surface area (Å²) in [6.45, 7) is 0.